The molecule has 21 heavy (non-hydrogen) atoms. The van der Waals surface area contributed by atoms with Gasteiger partial charge in [-0.1, -0.05) is 97.8 Å². The minimum Gasteiger partial charge on any atom is -0.314 e. The van der Waals surface area contributed by atoms with E-state index in [1.165, 1.54) is 96.4 Å². The van der Waals surface area contributed by atoms with E-state index in [2.05, 4.69) is 26.1 Å². The van der Waals surface area contributed by atoms with E-state index >= 15 is 0 Å². The highest BCUT2D eigenvalue weighted by Crippen LogP contribution is 2.13. The fraction of sp³-hybridized carbons (Fsp3) is 0.950. The number of unbranched alkanes of at least 4 members (excludes halogenated alkanes) is 10. The SMILES string of the molecule is [CH2]CCC(CCCCCCCCCCCC)NCCCC. The third-order valence-electron chi connectivity index (χ3n) is 4.42. The molecular weight excluding hydrogens is 254 g/mol. The molecule has 1 nitrogen and oxygen atoms in total. The standard InChI is InChI=1S/C20H42N/c1-4-7-9-10-11-12-13-14-15-16-18-20(17-6-3)21-19-8-5-2/h20-21H,3-19H2,1-2H3. The zero-order valence-corrected chi connectivity index (χ0v) is 15.1. The van der Waals surface area contributed by atoms with Gasteiger partial charge in [-0.05, 0) is 25.8 Å². The molecule has 1 unspecified atom stereocenters. The van der Waals surface area contributed by atoms with E-state index in [-0.39, 0.29) is 0 Å². The maximum Gasteiger partial charge on any atom is 0.00670 e. The summed E-state index contributed by atoms with van der Waals surface area (Å²) in [5.41, 5.74) is 0. The summed E-state index contributed by atoms with van der Waals surface area (Å²) in [4.78, 5) is 0. The van der Waals surface area contributed by atoms with Crippen LogP contribution in [0.2, 0.25) is 0 Å². The fourth-order valence-electron chi connectivity index (χ4n) is 2.96. The average molecular weight is 297 g/mol. The smallest absolute Gasteiger partial charge is 0.00670 e. The van der Waals surface area contributed by atoms with Gasteiger partial charge in [-0.3, -0.25) is 0 Å². The van der Waals surface area contributed by atoms with Crippen molar-refractivity contribution in [2.75, 3.05) is 6.54 Å². The molecule has 0 bridgehead atoms. The summed E-state index contributed by atoms with van der Waals surface area (Å²) in [5.74, 6) is 0. The Morgan fingerprint density at radius 2 is 1.19 bits per heavy atom. The van der Waals surface area contributed by atoms with Crippen molar-refractivity contribution in [1.29, 1.82) is 0 Å². The van der Waals surface area contributed by atoms with Gasteiger partial charge in [0.25, 0.3) is 0 Å². The number of hydrogen-bond donors (Lipinski definition) is 1. The predicted octanol–water partition coefficient (Wildman–Crippen LogP) is 6.67. The van der Waals surface area contributed by atoms with Crippen LogP contribution >= 0.6 is 0 Å². The first-order chi connectivity index (χ1) is 10.3. The highest BCUT2D eigenvalue weighted by Gasteiger charge is 2.05. The third-order valence-corrected chi connectivity index (χ3v) is 4.42. The Hall–Kier alpha value is -0.0400. The summed E-state index contributed by atoms with van der Waals surface area (Å²) in [6.45, 7) is 9.76. The van der Waals surface area contributed by atoms with Gasteiger partial charge in [0.1, 0.15) is 0 Å². The van der Waals surface area contributed by atoms with Crippen molar-refractivity contribution in [2.45, 2.75) is 116 Å². The van der Waals surface area contributed by atoms with Crippen LogP contribution in [0.5, 0.6) is 0 Å². The van der Waals surface area contributed by atoms with E-state index in [4.69, 9.17) is 0 Å². The molecule has 1 N–H and O–H groups in total. The van der Waals surface area contributed by atoms with E-state index in [0.29, 0.717) is 0 Å². The lowest BCUT2D eigenvalue weighted by Crippen LogP contribution is -2.29. The van der Waals surface area contributed by atoms with E-state index in [0.717, 1.165) is 12.5 Å². The average Bonchev–Trinajstić information content (AvgIpc) is 2.49. The molecular formula is C20H42N. The van der Waals surface area contributed by atoms with Crippen LogP contribution in [0.15, 0.2) is 0 Å². The largest absolute Gasteiger partial charge is 0.314 e. The van der Waals surface area contributed by atoms with Crippen molar-refractivity contribution in [3.8, 4) is 0 Å². The molecule has 0 heterocycles. The first-order valence-corrected chi connectivity index (χ1v) is 9.87. The van der Waals surface area contributed by atoms with Gasteiger partial charge in [0.15, 0.2) is 0 Å². The first kappa shape index (κ1) is 21.0. The Bertz CT molecular complexity index is 179. The second kappa shape index (κ2) is 18.0. The monoisotopic (exact) mass is 296 g/mol. The van der Waals surface area contributed by atoms with Gasteiger partial charge in [-0.15, -0.1) is 0 Å². The minimum atomic E-state index is 0.725. The van der Waals surface area contributed by atoms with Crippen molar-refractivity contribution in [3.63, 3.8) is 0 Å². The predicted molar refractivity (Wildman–Crippen MR) is 97.8 cm³/mol. The quantitative estimate of drug-likeness (QED) is 0.295. The summed E-state index contributed by atoms with van der Waals surface area (Å²) >= 11 is 0. The van der Waals surface area contributed by atoms with Crippen molar-refractivity contribution in [2.24, 2.45) is 0 Å². The Balaban J connectivity index is 3.32. The zero-order valence-electron chi connectivity index (χ0n) is 15.1. The topological polar surface area (TPSA) is 12.0 Å². The lowest BCUT2D eigenvalue weighted by atomic mass is 10.0. The second-order valence-electron chi connectivity index (χ2n) is 6.62. The number of rotatable bonds is 17. The van der Waals surface area contributed by atoms with Gasteiger partial charge in [-0.25, -0.2) is 0 Å². The van der Waals surface area contributed by atoms with Gasteiger partial charge in [0.2, 0.25) is 0 Å². The Morgan fingerprint density at radius 1 is 0.667 bits per heavy atom. The Morgan fingerprint density at radius 3 is 1.71 bits per heavy atom. The zero-order chi connectivity index (χ0) is 15.6. The molecule has 0 amide bonds. The maximum absolute atomic E-state index is 4.01. The summed E-state index contributed by atoms with van der Waals surface area (Å²) in [6.07, 6.45) is 20.6. The molecule has 0 aromatic heterocycles. The molecule has 1 atom stereocenters. The van der Waals surface area contributed by atoms with E-state index in [9.17, 15) is 0 Å². The van der Waals surface area contributed by atoms with Gasteiger partial charge in [0.05, 0.1) is 0 Å². The van der Waals surface area contributed by atoms with Crippen LogP contribution in [0, 0.1) is 6.92 Å². The van der Waals surface area contributed by atoms with Gasteiger partial charge in [0, 0.05) is 6.04 Å². The summed E-state index contributed by atoms with van der Waals surface area (Å²) in [7, 11) is 0. The normalized spacial score (nSPS) is 12.7. The molecule has 0 spiro atoms. The van der Waals surface area contributed by atoms with Gasteiger partial charge < -0.3 is 5.32 Å². The molecule has 0 saturated heterocycles. The van der Waals surface area contributed by atoms with Crippen LogP contribution in [0.3, 0.4) is 0 Å². The highest BCUT2D eigenvalue weighted by molar-refractivity contribution is 4.67. The number of hydrogen-bond acceptors (Lipinski definition) is 1. The lowest BCUT2D eigenvalue weighted by Gasteiger charge is -2.17. The molecule has 0 aromatic carbocycles. The Labute approximate surface area is 135 Å². The van der Waals surface area contributed by atoms with Crippen molar-refractivity contribution < 1.29 is 0 Å². The summed E-state index contributed by atoms with van der Waals surface area (Å²) < 4.78 is 0. The van der Waals surface area contributed by atoms with Crippen molar-refractivity contribution in [1.82, 2.24) is 5.32 Å². The molecule has 0 aromatic rings. The van der Waals surface area contributed by atoms with E-state index < -0.39 is 0 Å². The van der Waals surface area contributed by atoms with Crippen LogP contribution in [-0.4, -0.2) is 12.6 Å². The molecule has 0 rings (SSSR count). The molecule has 0 saturated carbocycles. The van der Waals surface area contributed by atoms with Crippen LogP contribution in [0.1, 0.15) is 110 Å². The molecule has 127 valence electrons. The molecule has 0 fully saturated rings. The van der Waals surface area contributed by atoms with Crippen LogP contribution < -0.4 is 5.32 Å². The molecule has 1 heteroatoms. The highest BCUT2D eigenvalue weighted by atomic mass is 14.9. The van der Waals surface area contributed by atoms with E-state index in [1.54, 1.807) is 0 Å². The van der Waals surface area contributed by atoms with Crippen molar-refractivity contribution in [3.05, 3.63) is 6.92 Å². The van der Waals surface area contributed by atoms with Crippen LogP contribution in [0.4, 0.5) is 0 Å². The molecule has 0 aliphatic heterocycles. The van der Waals surface area contributed by atoms with Gasteiger partial charge >= 0.3 is 0 Å². The third kappa shape index (κ3) is 16.2. The Kier molecular flexibility index (Phi) is 18.0. The van der Waals surface area contributed by atoms with Crippen LogP contribution in [0.25, 0.3) is 0 Å². The molecule has 0 aliphatic carbocycles. The van der Waals surface area contributed by atoms with Crippen LogP contribution in [-0.2, 0) is 0 Å². The summed E-state index contributed by atoms with van der Waals surface area (Å²) in [5, 5.41) is 3.71. The van der Waals surface area contributed by atoms with E-state index in [1.807, 2.05) is 0 Å². The van der Waals surface area contributed by atoms with Gasteiger partial charge in [-0.2, -0.15) is 0 Å². The molecule has 0 aliphatic rings. The minimum absolute atomic E-state index is 0.725. The first-order valence-electron chi connectivity index (χ1n) is 9.87. The number of nitrogens with one attached hydrogen (secondary N) is 1. The fourth-order valence-corrected chi connectivity index (χ4v) is 2.96. The van der Waals surface area contributed by atoms with Crippen molar-refractivity contribution >= 4 is 0 Å². The second-order valence-corrected chi connectivity index (χ2v) is 6.62. The maximum atomic E-state index is 4.01. The molecule has 1 radical (unpaired) electrons. The lowest BCUT2D eigenvalue weighted by molar-refractivity contribution is 0.427. The summed E-state index contributed by atoms with van der Waals surface area (Å²) in [6, 6.07) is 0.725.